The molecule has 0 saturated heterocycles. The zero-order chi connectivity index (χ0) is 14.4. The van der Waals surface area contributed by atoms with Gasteiger partial charge < -0.3 is 10.2 Å². The maximum atomic E-state index is 4.25. The van der Waals surface area contributed by atoms with Crippen LogP contribution in [0.4, 0.5) is 5.69 Å². The fraction of sp³-hybridized carbons (Fsp3) is 0.438. The van der Waals surface area contributed by atoms with Crippen molar-refractivity contribution in [1.29, 1.82) is 0 Å². The van der Waals surface area contributed by atoms with Crippen LogP contribution in [0.1, 0.15) is 24.3 Å². The lowest BCUT2D eigenvalue weighted by molar-refractivity contribution is 0.587. The molecule has 0 fully saturated rings. The molecule has 4 heteroatoms. The van der Waals surface area contributed by atoms with Crippen molar-refractivity contribution in [3.05, 3.63) is 46.4 Å². The Morgan fingerprint density at radius 1 is 1.35 bits per heavy atom. The molecule has 0 spiro atoms. The summed E-state index contributed by atoms with van der Waals surface area (Å²) in [7, 11) is 2.15. The molecule has 0 amide bonds. The fourth-order valence-corrected chi connectivity index (χ4v) is 2.79. The van der Waals surface area contributed by atoms with Crippen molar-refractivity contribution >= 4 is 17.0 Å². The van der Waals surface area contributed by atoms with Crippen molar-refractivity contribution in [3.8, 4) is 0 Å². The number of rotatable bonds is 7. The average molecular weight is 289 g/mol. The Hall–Kier alpha value is -1.39. The summed E-state index contributed by atoms with van der Waals surface area (Å²) in [5, 5.41) is 5.60. The number of anilines is 1. The van der Waals surface area contributed by atoms with Gasteiger partial charge in [0, 0.05) is 54.7 Å². The maximum Gasteiger partial charge on any atom is 0.0440 e. The quantitative estimate of drug-likeness (QED) is 0.847. The molecule has 0 bridgehead atoms. The third kappa shape index (κ3) is 4.32. The second-order valence-electron chi connectivity index (χ2n) is 5.29. The first-order valence-electron chi connectivity index (χ1n) is 7.06. The first kappa shape index (κ1) is 15.0. The Labute approximate surface area is 125 Å². The summed E-state index contributed by atoms with van der Waals surface area (Å²) in [5.41, 5.74) is 2.53. The Balaban J connectivity index is 1.99. The lowest BCUT2D eigenvalue weighted by atomic mass is 10.2. The van der Waals surface area contributed by atoms with E-state index in [-0.39, 0.29) is 0 Å². The highest BCUT2D eigenvalue weighted by Gasteiger charge is 2.08. The van der Waals surface area contributed by atoms with Gasteiger partial charge in [-0.15, -0.1) is 11.3 Å². The summed E-state index contributed by atoms with van der Waals surface area (Å²) in [6, 6.07) is 6.90. The van der Waals surface area contributed by atoms with Gasteiger partial charge in [-0.2, -0.15) is 0 Å². The monoisotopic (exact) mass is 289 g/mol. The normalized spacial score (nSPS) is 11.0. The van der Waals surface area contributed by atoms with Crippen LogP contribution in [0.25, 0.3) is 0 Å². The van der Waals surface area contributed by atoms with Crippen LogP contribution >= 0.6 is 11.3 Å². The molecular weight excluding hydrogens is 266 g/mol. The molecule has 0 aliphatic rings. The van der Waals surface area contributed by atoms with Crippen LogP contribution in [0, 0.1) is 0 Å². The minimum absolute atomic E-state index is 0.486. The summed E-state index contributed by atoms with van der Waals surface area (Å²) in [4.78, 5) is 8.01. The summed E-state index contributed by atoms with van der Waals surface area (Å²) in [5.74, 6) is 0. The minimum Gasteiger partial charge on any atom is -0.374 e. The van der Waals surface area contributed by atoms with Crippen LogP contribution in [0.15, 0.2) is 36.0 Å². The van der Waals surface area contributed by atoms with Gasteiger partial charge in [0.05, 0.1) is 0 Å². The van der Waals surface area contributed by atoms with Gasteiger partial charge in [-0.05, 0) is 23.9 Å². The summed E-state index contributed by atoms with van der Waals surface area (Å²) < 4.78 is 0. The van der Waals surface area contributed by atoms with E-state index in [2.05, 4.69) is 59.7 Å². The van der Waals surface area contributed by atoms with Gasteiger partial charge in [-0.1, -0.05) is 19.9 Å². The summed E-state index contributed by atoms with van der Waals surface area (Å²) >= 11 is 1.83. The predicted octanol–water partition coefficient (Wildman–Crippen LogP) is 3.32. The predicted molar refractivity (Wildman–Crippen MR) is 87.5 cm³/mol. The van der Waals surface area contributed by atoms with Gasteiger partial charge in [0.2, 0.25) is 0 Å². The molecule has 2 aromatic rings. The van der Waals surface area contributed by atoms with E-state index in [0.29, 0.717) is 6.04 Å². The number of likely N-dealkylation sites (N-methyl/N-ethyl adjacent to an activating group) is 1. The van der Waals surface area contributed by atoms with E-state index in [1.54, 1.807) is 0 Å². The molecule has 0 aliphatic carbocycles. The number of hydrogen-bond donors (Lipinski definition) is 1. The van der Waals surface area contributed by atoms with Crippen molar-refractivity contribution < 1.29 is 0 Å². The number of pyridine rings is 1. The van der Waals surface area contributed by atoms with Gasteiger partial charge in [-0.25, -0.2) is 0 Å². The van der Waals surface area contributed by atoms with E-state index in [9.17, 15) is 0 Å². The fourth-order valence-electron chi connectivity index (χ4n) is 2.10. The molecule has 1 N–H and O–H groups in total. The van der Waals surface area contributed by atoms with Crippen LogP contribution in [0.3, 0.4) is 0 Å². The highest BCUT2D eigenvalue weighted by Crippen LogP contribution is 2.19. The first-order chi connectivity index (χ1) is 9.66. The molecule has 2 rings (SSSR count). The molecule has 3 nitrogen and oxygen atoms in total. The zero-order valence-electron chi connectivity index (χ0n) is 12.5. The van der Waals surface area contributed by atoms with Crippen LogP contribution in [0.5, 0.6) is 0 Å². The Kier molecular flexibility index (Phi) is 5.56. The molecule has 0 saturated carbocycles. The van der Waals surface area contributed by atoms with E-state index in [4.69, 9.17) is 0 Å². The standard InChI is InChI=1S/C16H23N3S/c1-13(2)18-12-14-11-17-8-6-16(14)19(3)9-7-15-5-4-10-20-15/h4-6,8,10-11,13,18H,7,9,12H2,1-3H3. The smallest absolute Gasteiger partial charge is 0.0440 e. The molecule has 0 atom stereocenters. The Morgan fingerprint density at radius 2 is 2.20 bits per heavy atom. The van der Waals surface area contributed by atoms with E-state index < -0.39 is 0 Å². The van der Waals surface area contributed by atoms with Gasteiger partial charge >= 0.3 is 0 Å². The van der Waals surface area contributed by atoms with Crippen molar-refractivity contribution in [2.24, 2.45) is 0 Å². The Bertz CT molecular complexity index is 508. The van der Waals surface area contributed by atoms with Crippen LogP contribution in [0.2, 0.25) is 0 Å². The molecule has 20 heavy (non-hydrogen) atoms. The molecule has 2 heterocycles. The number of thiophene rings is 1. The van der Waals surface area contributed by atoms with Crippen LogP contribution in [-0.2, 0) is 13.0 Å². The number of nitrogens with one attached hydrogen (secondary N) is 1. The van der Waals surface area contributed by atoms with Gasteiger partial charge in [0.1, 0.15) is 0 Å². The van der Waals surface area contributed by atoms with Crippen molar-refractivity contribution in [3.63, 3.8) is 0 Å². The van der Waals surface area contributed by atoms with Crippen molar-refractivity contribution in [2.45, 2.75) is 32.9 Å². The summed E-state index contributed by atoms with van der Waals surface area (Å²) in [6.45, 7) is 6.22. The van der Waals surface area contributed by atoms with Crippen molar-refractivity contribution in [2.75, 3.05) is 18.5 Å². The van der Waals surface area contributed by atoms with E-state index in [0.717, 1.165) is 19.5 Å². The molecule has 0 aliphatic heterocycles. The molecular formula is C16H23N3S. The SMILES string of the molecule is CC(C)NCc1cnccc1N(C)CCc1cccs1. The lowest BCUT2D eigenvalue weighted by Crippen LogP contribution is -2.26. The van der Waals surface area contributed by atoms with Gasteiger partial charge in [0.25, 0.3) is 0 Å². The molecule has 108 valence electrons. The highest BCUT2D eigenvalue weighted by atomic mass is 32.1. The largest absolute Gasteiger partial charge is 0.374 e. The maximum absolute atomic E-state index is 4.25. The minimum atomic E-state index is 0.486. The third-order valence-corrected chi connectivity index (χ3v) is 4.20. The summed E-state index contributed by atoms with van der Waals surface area (Å²) in [6.07, 6.45) is 4.93. The third-order valence-electron chi connectivity index (χ3n) is 3.26. The zero-order valence-corrected chi connectivity index (χ0v) is 13.3. The van der Waals surface area contributed by atoms with Crippen LogP contribution < -0.4 is 10.2 Å². The van der Waals surface area contributed by atoms with Gasteiger partial charge in [0.15, 0.2) is 0 Å². The molecule has 0 radical (unpaired) electrons. The molecule has 0 aromatic carbocycles. The number of nitrogens with zero attached hydrogens (tertiary/aromatic N) is 2. The average Bonchev–Trinajstić information content (AvgIpc) is 2.96. The molecule has 2 aromatic heterocycles. The van der Waals surface area contributed by atoms with Crippen molar-refractivity contribution in [1.82, 2.24) is 10.3 Å². The lowest BCUT2D eigenvalue weighted by Gasteiger charge is -2.22. The second-order valence-corrected chi connectivity index (χ2v) is 6.32. The van der Waals surface area contributed by atoms with Gasteiger partial charge in [-0.3, -0.25) is 4.98 Å². The van der Waals surface area contributed by atoms with E-state index in [1.165, 1.54) is 16.1 Å². The number of aromatic nitrogens is 1. The van der Waals surface area contributed by atoms with E-state index in [1.807, 2.05) is 23.7 Å². The second kappa shape index (κ2) is 7.41. The highest BCUT2D eigenvalue weighted by molar-refractivity contribution is 7.09. The van der Waals surface area contributed by atoms with E-state index >= 15 is 0 Å². The molecule has 0 unspecified atom stereocenters. The topological polar surface area (TPSA) is 28.2 Å². The first-order valence-corrected chi connectivity index (χ1v) is 7.94. The Morgan fingerprint density at radius 3 is 2.90 bits per heavy atom. The number of hydrogen-bond acceptors (Lipinski definition) is 4. The van der Waals surface area contributed by atoms with Crippen LogP contribution in [-0.4, -0.2) is 24.6 Å².